The summed E-state index contributed by atoms with van der Waals surface area (Å²) in [5.41, 5.74) is 1.95. The molecule has 3 rings (SSSR count). The van der Waals surface area contributed by atoms with Gasteiger partial charge < -0.3 is 10.1 Å². The summed E-state index contributed by atoms with van der Waals surface area (Å²) in [5, 5.41) is 3.39. The lowest BCUT2D eigenvalue weighted by atomic mass is 10.2. The van der Waals surface area contributed by atoms with Crippen molar-refractivity contribution < 1.29 is 9.13 Å². The molecule has 1 N–H and O–H groups in total. The third-order valence-electron chi connectivity index (χ3n) is 3.54. The van der Waals surface area contributed by atoms with Gasteiger partial charge in [0, 0.05) is 22.6 Å². The molecule has 4 heteroatoms. The smallest absolute Gasteiger partial charge is 0.132 e. The van der Waals surface area contributed by atoms with E-state index in [4.69, 9.17) is 4.74 Å². The van der Waals surface area contributed by atoms with Crippen molar-refractivity contribution in [2.24, 2.45) is 0 Å². The number of hydrogen-bond acceptors (Lipinski definition) is 2. The van der Waals surface area contributed by atoms with Crippen LogP contribution in [0, 0.1) is 12.7 Å². The summed E-state index contributed by atoms with van der Waals surface area (Å²) in [7, 11) is 0. The van der Waals surface area contributed by atoms with Crippen LogP contribution in [0.4, 0.5) is 4.39 Å². The van der Waals surface area contributed by atoms with E-state index in [1.165, 1.54) is 25.0 Å². The summed E-state index contributed by atoms with van der Waals surface area (Å²) >= 11 is 3.47. The van der Waals surface area contributed by atoms with E-state index in [1.807, 2.05) is 25.1 Å². The maximum Gasteiger partial charge on any atom is 0.132 e. The third-order valence-corrected chi connectivity index (χ3v) is 4.43. The van der Waals surface area contributed by atoms with E-state index < -0.39 is 0 Å². The first-order chi connectivity index (χ1) is 10.1. The van der Waals surface area contributed by atoms with Gasteiger partial charge in [-0.3, -0.25) is 0 Å². The number of rotatable bonds is 5. The maximum absolute atomic E-state index is 13.5. The molecule has 0 spiro atoms. The van der Waals surface area contributed by atoms with E-state index in [0.717, 1.165) is 21.3 Å². The fourth-order valence-corrected chi connectivity index (χ4v) is 2.38. The molecule has 0 saturated heterocycles. The highest BCUT2D eigenvalue weighted by atomic mass is 79.9. The van der Waals surface area contributed by atoms with E-state index in [-0.39, 0.29) is 5.82 Å². The molecule has 2 aromatic rings. The molecule has 1 aliphatic rings. The number of hydrogen-bond donors (Lipinski definition) is 1. The lowest BCUT2D eigenvalue weighted by Gasteiger charge is -2.13. The number of aryl methyl sites for hydroxylation is 1. The van der Waals surface area contributed by atoms with Gasteiger partial charge in [-0.15, -0.1) is 0 Å². The fraction of sp³-hybridized carbons (Fsp3) is 0.294. The first-order valence-corrected chi connectivity index (χ1v) is 7.87. The first kappa shape index (κ1) is 14.5. The summed E-state index contributed by atoms with van der Waals surface area (Å²) in [6.45, 7) is 2.64. The second-order valence-electron chi connectivity index (χ2n) is 5.42. The van der Waals surface area contributed by atoms with E-state index in [0.29, 0.717) is 18.3 Å². The molecule has 2 aromatic carbocycles. The van der Waals surface area contributed by atoms with Crippen LogP contribution in [0.5, 0.6) is 11.5 Å². The average molecular weight is 350 g/mol. The molecule has 0 radical (unpaired) electrons. The minimum Gasteiger partial charge on any atom is -0.457 e. The summed E-state index contributed by atoms with van der Waals surface area (Å²) < 4.78 is 20.4. The minimum atomic E-state index is -0.234. The zero-order valence-electron chi connectivity index (χ0n) is 11.8. The van der Waals surface area contributed by atoms with Crippen LogP contribution < -0.4 is 10.1 Å². The van der Waals surface area contributed by atoms with Crippen molar-refractivity contribution in [3.8, 4) is 11.5 Å². The van der Waals surface area contributed by atoms with Gasteiger partial charge >= 0.3 is 0 Å². The summed E-state index contributed by atoms with van der Waals surface area (Å²) in [6.07, 6.45) is 2.41. The monoisotopic (exact) mass is 349 g/mol. The topological polar surface area (TPSA) is 21.3 Å². The normalized spacial score (nSPS) is 14.2. The van der Waals surface area contributed by atoms with Crippen molar-refractivity contribution in [3.05, 3.63) is 57.8 Å². The molecule has 1 fully saturated rings. The molecule has 110 valence electrons. The molecule has 0 aliphatic heterocycles. The number of nitrogens with one attached hydrogen (secondary N) is 1. The van der Waals surface area contributed by atoms with Gasteiger partial charge in [-0.05, 0) is 61.7 Å². The largest absolute Gasteiger partial charge is 0.457 e. The van der Waals surface area contributed by atoms with Crippen molar-refractivity contribution in [2.75, 3.05) is 0 Å². The average Bonchev–Trinajstić information content (AvgIpc) is 3.27. The van der Waals surface area contributed by atoms with Crippen LogP contribution >= 0.6 is 15.9 Å². The Morgan fingerprint density at radius 2 is 2.05 bits per heavy atom. The van der Waals surface area contributed by atoms with Crippen LogP contribution in [0.25, 0.3) is 0 Å². The summed E-state index contributed by atoms with van der Waals surface area (Å²) in [5.74, 6) is 1.23. The van der Waals surface area contributed by atoms with Gasteiger partial charge in [-0.2, -0.15) is 0 Å². The van der Waals surface area contributed by atoms with E-state index in [9.17, 15) is 4.39 Å². The minimum absolute atomic E-state index is 0.234. The van der Waals surface area contributed by atoms with Gasteiger partial charge in [0.05, 0.1) is 0 Å². The Labute approximate surface area is 132 Å². The second-order valence-corrected chi connectivity index (χ2v) is 6.27. The molecule has 0 bridgehead atoms. The van der Waals surface area contributed by atoms with Crippen molar-refractivity contribution >= 4 is 15.9 Å². The zero-order valence-corrected chi connectivity index (χ0v) is 13.4. The van der Waals surface area contributed by atoms with E-state index in [1.54, 1.807) is 6.07 Å². The van der Waals surface area contributed by atoms with E-state index in [2.05, 4.69) is 21.2 Å². The van der Waals surface area contributed by atoms with Gasteiger partial charge in [0.1, 0.15) is 17.3 Å². The predicted molar refractivity (Wildman–Crippen MR) is 85.2 cm³/mol. The van der Waals surface area contributed by atoms with Gasteiger partial charge in [0.15, 0.2) is 0 Å². The highest BCUT2D eigenvalue weighted by Gasteiger charge is 2.20. The Hall–Kier alpha value is -1.39. The van der Waals surface area contributed by atoms with Crippen LogP contribution in [0.15, 0.2) is 40.9 Å². The summed E-state index contributed by atoms with van der Waals surface area (Å²) in [4.78, 5) is 0. The van der Waals surface area contributed by atoms with Crippen molar-refractivity contribution in [2.45, 2.75) is 32.4 Å². The molecule has 0 amide bonds. The summed E-state index contributed by atoms with van der Waals surface area (Å²) in [6, 6.07) is 11.1. The molecule has 0 atom stereocenters. The standard InChI is InChI=1S/C17H17BrFNO/c1-11-8-15(5-6-16(11)18)21-17-7-2-13(19)9-12(17)10-20-14-3-4-14/h2,5-9,14,20H,3-4,10H2,1H3. The Bertz CT molecular complexity index is 655. The first-order valence-electron chi connectivity index (χ1n) is 7.07. The highest BCUT2D eigenvalue weighted by Crippen LogP contribution is 2.29. The Kier molecular flexibility index (Phi) is 4.27. The van der Waals surface area contributed by atoms with Crippen molar-refractivity contribution in [1.29, 1.82) is 0 Å². The highest BCUT2D eigenvalue weighted by molar-refractivity contribution is 9.10. The third kappa shape index (κ3) is 3.83. The SMILES string of the molecule is Cc1cc(Oc2ccc(F)cc2CNC2CC2)ccc1Br. The van der Waals surface area contributed by atoms with Gasteiger partial charge in [-0.1, -0.05) is 15.9 Å². The van der Waals surface area contributed by atoms with Gasteiger partial charge in [0.2, 0.25) is 0 Å². The Morgan fingerprint density at radius 1 is 1.24 bits per heavy atom. The molecule has 0 unspecified atom stereocenters. The molecular weight excluding hydrogens is 333 g/mol. The predicted octanol–water partition coefficient (Wildman–Crippen LogP) is 4.94. The van der Waals surface area contributed by atoms with Crippen LogP contribution in [0.1, 0.15) is 24.0 Å². The zero-order chi connectivity index (χ0) is 14.8. The molecule has 1 aliphatic carbocycles. The number of ether oxygens (including phenoxy) is 1. The second kappa shape index (κ2) is 6.16. The molecule has 0 aromatic heterocycles. The van der Waals surface area contributed by atoms with Crippen molar-refractivity contribution in [3.63, 3.8) is 0 Å². The number of benzene rings is 2. The lowest BCUT2D eigenvalue weighted by molar-refractivity contribution is 0.469. The quantitative estimate of drug-likeness (QED) is 0.825. The van der Waals surface area contributed by atoms with Crippen LogP contribution in [0.3, 0.4) is 0 Å². The van der Waals surface area contributed by atoms with E-state index >= 15 is 0 Å². The van der Waals surface area contributed by atoms with Crippen LogP contribution in [-0.4, -0.2) is 6.04 Å². The Morgan fingerprint density at radius 3 is 2.76 bits per heavy atom. The fourth-order valence-electron chi connectivity index (χ4n) is 2.14. The maximum atomic E-state index is 13.5. The molecule has 0 heterocycles. The van der Waals surface area contributed by atoms with Gasteiger partial charge in [0.25, 0.3) is 0 Å². The Balaban J connectivity index is 1.80. The van der Waals surface area contributed by atoms with Crippen LogP contribution in [-0.2, 0) is 6.54 Å². The van der Waals surface area contributed by atoms with Gasteiger partial charge in [-0.25, -0.2) is 4.39 Å². The number of halogens is 2. The molecule has 1 saturated carbocycles. The molecule has 2 nitrogen and oxygen atoms in total. The molecule has 21 heavy (non-hydrogen) atoms. The molecular formula is C17H17BrFNO. The lowest BCUT2D eigenvalue weighted by Crippen LogP contribution is -2.15. The van der Waals surface area contributed by atoms with Crippen LogP contribution in [0.2, 0.25) is 0 Å². The van der Waals surface area contributed by atoms with Crippen molar-refractivity contribution in [1.82, 2.24) is 5.32 Å².